The summed E-state index contributed by atoms with van der Waals surface area (Å²) in [5.41, 5.74) is 2.03. The average Bonchev–Trinajstić information content (AvgIpc) is 2.36. The summed E-state index contributed by atoms with van der Waals surface area (Å²) in [6.45, 7) is 1.80. The maximum atomic E-state index is 13.3. The molecule has 1 aromatic carbocycles. The first-order valence-electron chi connectivity index (χ1n) is 5.19. The number of aromatic nitrogens is 1. The van der Waals surface area contributed by atoms with Crippen LogP contribution in [0, 0.1) is 24.1 Å². The Morgan fingerprint density at radius 2 is 2.17 bits per heavy atom. The van der Waals surface area contributed by atoms with Crippen molar-refractivity contribution < 1.29 is 4.39 Å². The summed E-state index contributed by atoms with van der Waals surface area (Å²) in [5.74, 6) is 0.243. The van der Waals surface area contributed by atoms with Crippen molar-refractivity contribution in [2.75, 3.05) is 5.32 Å². The van der Waals surface area contributed by atoms with Crippen LogP contribution in [-0.4, -0.2) is 4.98 Å². The Morgan fingerprint density at radius 3 is 2.89 bits per heavy atom. The monoisotopic (exact) mass is 305 g/mol. The van der Waals surface area contributed by atoms with Gasteiger partial charge in [0.15, 0.2) is 0 Å². The van der Waals surface area contributed by atoms with Crippen molar-refractivity contribution in [1.29, 1.82) is 5.26 Å². The highest BCUT2D eigenvalue weighted by Crippen LogP contribution is 2.26. The third-order valence-corrected chi connectivity index (χ3v) is 3.03. The van der Waals surface area contributed by atoms with Gasteiger partial charge in [0.05, 0.1) is 16.1 Å². The highest BCUT2D eigenvalue weighted by molar-refractivity contribution is 9.10. The molecule has 0 amide bonds. The van der Waals surface area contributed by atoms with E-state index in [0.717, 1.165) is 11.3 Å². The van der Waals surface area contributed by atoms with Gasteiger partial charge in [0.2, 0.25) is 0 Å². The molecule has 1 heterocycles. The predicted molar refractivity (Wildman–Crippen MR) is 71.1 cm³/mol. The zero-order chi connectivity index (χ0) is 13.1. The van der Waals surface area contributed by atoms with E-state index in [-0.39, 0.29) is 5.82 Å². The van der Waals surface area contributed by atoms with E-state index >= 15 is 0 Å². The molecule has 0 saturated heterocycles. The van der Waals surface area contributed by atoms with Crippen molar-refractivity contribution in [2.24, 2.45) is 0 Å². The van der Waals surface area contributed by atoms with E-state index < -0.39 is 0 Å². The van der Waals surface area contributed by atoms with E-state index in [1.54, 1.807) is 31.3 Å². The van der Waals surface area contributed by atoms with Gasteiger partial charge >= 0.3 is 0 Å². The first kappa shape index (κ1) is 12.5. The standard InChI is InChI=1S/C13H9BrFN3/c1-8-4-11(15)10(14)6-12(8)18-13-5-9(7-16)2-3-17-13/h2-6H,1H3,(H,17,18). The zero-order valence-corrected chi connectivity index (χ0v) is 11.1. The molecule has 0 aliphatic carbocycles. The molecule has 0 unspecified atom stereocenters. The van der Waals surface area contributed by atoms with Gasteiger partial charge < -0.3 is 5.32 Å². The minimum absolute atomic E-state index is 0.309. The van der Waals surface area contributed by atoms with Crippen LogP contribution in [0.3, 0.4) is 0 Å². The third kappa shape index (κ3) is 2.66. The van der Waals surface area contributed by atoms with Crippen LogP contribution in [-0.2, 0) is 0 Å². The molecular formula is C13H9BrFN3. The van der Waals surface area contributed by atoms with Gasteiger partial charge in [-0.3, -0.25) is 0 Å². The molecule has 0 spiro atoms. The largest absolute Gasteiger partial charge is 0.340 e. The molecule has 0 atom stereocenters. The van der Waals surface area contributed by atoms with Gasteiger partial charge in [0, 0.05) is 11.9 Å². The number of nitriles is 1. The van der Waals surface area contributed by atoms with Crippen LogP contribution >= 0.6 is 15.9 Å². The van der Waals surface area contributed by atoms with Crippen LogP contribution in [0.15, 0.2) is 34.9 Å². The van der Waals surface area contributed by atoms with Gasteiger partial charge in [-0.05, 0) is 52.7 Å². The van der Waals surface area contributed by atoms with Crippen LogP contribution in [0.4, 0.5) is 15.9 Å². The molecule has 1 N–H and O–H groups in total. The Balaban J connectivity index is 2.34. The number of aryl methyl sites for hydroxylation is 1. The predicted octanol–water partition coefficient (Wildman–Crippen LogP) is 3.91. The first-order chi connectivity index (χ1) is 8.60. The van der Waals surface area contributed by atoms with Crippen molar-refractivity contribution in [1.82, 2.24) is 4.98 Å². The molecule has 18 heavy (non-hydrogen) atoms. The summed E-state index contributed by atoms with van der Waals surface area (Å²) >= 11 is 3.13. The lowest BCUT2D eigenvalue weighted by Crippen LogP contribution is -1.97. The Bertz CT molecular complexity index is 635. The molecular weight excluding hydrogens is 297 g/mol. The summed E-state index contributed by atoms with van der Waals surface area (Å²) in [6, 6.07) is 8.37. The SMILES string of the molecule is Cc1cc(F)c(Br)cc1Nc1cc(C#N)ccn1. The molecule has 0 aliphatic rings. The minimum Gasteiger partial charge on any atom is -0.340 e. The number of halogens is 2. The highest BCUT2D eigenvalue weighted by atomic mass is 79.9. The molecule has 0 bridgehead atoms. The van der Waals surface area contributed by atoms with E-state index in [0.29, 0.717) is 15.9 Å². The average molecular weight is 306 g/mol. The molecule has 0 aliphatic heterocycles. The van der Waals surface area contributed by atoms with Gasteiger partial charge in [-0.2, -0.15) is 5.26 Å². The number of anilines is 2. The van der Waals surface area contributed by atoms with E-state index in [1.807, 2.05) is 6.07 Å². The molecule has 0 fully saturated rings. The zero-order valence-electron chi connectivity index (χ0n) is 9.54. The Morgan fingerprint density at radius 1 is 1.39 bits per heavy atom. The lowest BCUT2D eigenvalue weighted by molar-refractivity contribution is 0.620. The fourth-order valence-corrected chi connectivity index (χ4v) is 1.83. The quantitative estimate of drug-likeness (QED) is 0.915. The molecule has 3 nitrogen and oxygen atoms in total. The van der Waals surface area contributed by atoms with E-state index in [9.17, 15) is 4.39 Å². The topological polar surface area (TPSA) is 48.7 Å². The number of pyridine rings is 1. The summed E-state index contributed by atoms with van der Waals surface area (Å²) in [5, 5.41) is 11.9. The van der Waals surface area contributed by atoms with Gasteiger partial charge in [-0.25, -0.2) is 9.37 Å². The summed E-state index contributed by atoms with van der Waals surface area (Å²) < 4.78 is 13.7. The number of benzene rings is 1. The molecule has 1 aromatic heterocycles. The second-order valence-electron chi connectivity index (χ2n) is 3.75. The fourth-order valence-electron chi connectivity index (χ4n) is 1.49. The molecule has 5 heteroatoms. The number of hydrogen-bond donors (Lipinski definition) is 1. The van der Waals surface area contributed by atoms with Crippen molar-refractivity contribution in [3.05, 3.63) is 51.9 Å². The van der Waals surface area contributed by atoms with Gasteiger partial charge in [0.1, 0.15) is 11.6 Å². The van der Waals surface area contributed by atoms with Crippen molar-refractivity contribution in [3.8, 4) is 6.07 Å². The maximum absolute atomic E-state index is 13.3. The van der Waals surface area contributed by atoms with Crippen molar-refractivity contribution in [2.45, 2.75) is 6.92 Å². The van der Waals surface area contributed by atoms with Crippen molar-refractivity contribution in [3.63, 3.8) is 0 Å². The third-order valence-electron chi connectivity index (χ3n) is 2.42. The summed E-state index contributed by atoms with van der Waals surface area (Å²) in [4.78, 5) is 4.10. The molecule has 0 radical (unpaired) electrons. The van der Waals surface area contributed by atoms with Crippen LogP contribution in [0.5, 0.6) is 0 Å². The van der Waals surface area contributed by atoms with E-state index in [2.05, 4.69) is 26.2 Å². The van der Waals surface area contributed by atoms with Crippen LogP contribution in [0.25, 0.3) is 0 Å². The number of nitrogens with one attached hydrogen (secondary N) is 1. The van der Waals surface area contributed by atoms with Crippen LogP contribution in [0.2, 0.25) is 0 Å². The normalized spacial score (nSPS) is 9.89. The summed E-state index contributed by atoms with van der Waals surface area (Å²) in [7, 11) is 0. The van der Waals surface area contributed by atoms with Gasteiger partial charge in [0.25, 0.3) is 0 Å². The van der Waals surface area contributed by atoms with Gasteiger partial charge in [-0.1, -0.05) is 0 Å². The number of hydrogen-bond acceptors (Lipinski definition) is 3. The highest BCUT2D eigenvalue weighted by Gasteiger charge is 2.06. The maximum Gasteiger partial charge on any atom is 0.137 e. The molecule has 90 valence electrons. The van der Waals surface area contributed by atoms with E-state index in [4.69, 9.17) is 5.26 Å². The smallest absolute Gasteiger partial charge is 0.137 e. The first-order valence-corrected chi connectivity index (χ1v) is 5.98. The fraction of sp³-hybridized carbons (Fsp3) is 0.0769. The lowest BCUT2D eigenvalue weighted by Gasteiger charge is -2.10. The number of nitrogens with zero attached hydrogens (tertiary/aromatic N) is 2. The van der Waals surface area contributed by atoms with Crippen LogP contribution in [0.1, 0.15) is 11.1 Å². The Labute approximate surface area is 112 Å². The van der Waals surface area contributed by atoms with Crippen LogP contribution < -0.4 is 5.32 Å². The Kier molecular flexibility index (Phi) is 3.58. The second kappa shape index (κ2) is 5.15. The van der Waals surface area contributed by atoms with E-state index in [1.165, 1.54) is 6.07 Å². The molecule has 2 rings (SSSR count). The Hall–Kier alpha value is -1.93. The second-order valence-corrected chi connectivity index (χ2v) is 4.60. The lowest BCUT2D eigenvalue weighted by atomic mass is 10.2. The molecule has 2 aromatic rings. The molecule has 0 saturated carbocycles. The number of rotatable bonds is 2. The minimum atomic E-state index is -0.309. The van der Waals surface area contributed by atoms with Gasteiger partial charge in [-0.15, -0.1) is 0 Å². The van der Waals surface area contributed by atoms with Crippen molar-refractivity contribution >= 4 is 27.4 Å². The summed E-state index contributed by atoms with van der Waals surface area (Å²) in [6.07, 6.45) is 1.55.